The molecule has 0 spiro atoms. The molecule has 12 nitrogen and oxygen atoms in total. The summed E-state index contributed by atoms with van der Waals surface area (Å²) in [5, 5.41) is 9.75. The average Bonchev–Trinajstić information content (AvgIpc) is 3.07. The predicted molar refractivity (Wildman–Crippen MR) is 200 cm³/mol. The molecule has 1 atom stereocenters. The van der Waals surface area contributed by atoms with Crippen LogP contribution in [0.25, 0.3) is 0 Å². The highest BCUT2D eigenvalue weighted by Crippen LogP contribution is 2.23. The minimum atomic E-state index is -2.29. The maximum atomic E-state index is 12.4. The standard InChI is InChI=1S/C35H54N6O6Si2/c1-8-10-12-24-45-31(42)27-15-19-29(20-16-27)37-34-39-33(36-23-14-26-49(7,44-3)47-48(4,5)6)40-35(41-34)38-30-21-17-28(18-22-30)32(43)46-25-13-11-9-2/h15-22H,8-14,23-26H2,1-7H3,(H3,36,37,38,39,40,41). The number of ether oxygens (including phenoxy) is 2. The number of aromatic nitrogens is 3. The summed E-state index contributed by atoms with van der Waals surface area (Å²) in [6.45, 7) is 14.3. The molecule has 0 saturated heterocycles. The summed E-state index contributed by atoms with van der Waals surface area (Å²) < 4.78 is 23.0. The molecule has 49 heavy (non-hydrogen) atoms. The highest BCUT2D eigenvalue weighted by molar-refractivity contribution is 6.81. The Bertz CT molecular complexity index is 1370. The number of carbonyl (C=O) groups is 2. The van der Waals surface area contributed by atoms with Crippen molar-refractivity contribution in [2.24, 2.45) is 0 Å². The van der Waals surface area contributed by atoms with E-state index in [1.165, 1.54) is 0 Å². The van der Waals surface area contributed by atoms with Crippen LogP contribution in [0.4, 0.5) is 29.2 Å². The topological polar surface area (TPSA) is 146 Å². The van der Waals surface area contributed by atoms with Gasteiger partial charge in [0.05, 0.1) is 24.3 Å². The van der Waals surface area contributed by atoms with Crippen LogP contribution in [0.3, 0.4) is 0 Å². The van der Waals surface area contributed by atoms with Gasteiger partial charge in [0, 0.05) is 25.0 Å². The monoisotopic (exact) mass is 710 g/mol. The molecule has 14 heteroatoms. The van der Waals surface area contributed by atoms with Gasteiger partial charge in [-0.25, -0.2) is 9.59 Å². The van der Waals surface area contributed by atoms with Crippen molar-refractivity contribution in [3.63, 3.8) is 0 Å². The predicted octanol–water partition coefficient (Wildman–Crippen LogP) is 8.42. The largest absolute Gasteiger partial charge is 0.462 e. The lowest BCUT2D eigenvalue weighted by molar-refractivity contribution is 0.0489. The van der Waals surface area contributed by atoms with Crippen molar-refractivity contribution in [1.82, 2.24) is 15.0 Å². The van der Waals surface area contributed by atoms with E-state index in [1.54, 1.807) is 55.6 Å². The average molecular weight is 711 g/mol. The van der Waals surface area contributed by atoms with Crippen molar-refractivity contribution in [2.75, 3.05) is 42.8 Å². The Morgan fingerprint density at radius 3 is 1.51 bits per heavy atom. The summed E-state index contributed by atoms with van der Waals surface area (Å²) in [5.74, 6) is 0.297. The third kappa shape index (κ3) is 14.7. The Morgan fingerprint density at radius 2 is 1.10 bits per heavy atom. The van der Waals surface area contributed by atoms with E-state index in [0.29, 0.717) is 60.1 Å². The second-order valence-corrected chi connectivity index (χ2v) is 21.2. The number of rotatable bonds is 22. The van der Waals surface area contributed by atoms with E-state index < -0.39 is 16.9 Å². The summed E-state index contributed by atoms with van der Waals surface area (Å²) in [7, 11) is -2.31. The molecule has 3 rings (SSSR count). The van der Waals surface area contributed by atoms with Gasteiger partial charge in [-0.15, -0.1) is 0 Å². The molecule has 0 bridgehead atoms. The van der Waals surface area contributed by atoms with Crippen molar-refractivity contribution < 1.29 is 27.6 Å². The molecule has 0 saturated carbocycles. The van der Waals surface area contributed by atoms with Crippen LogP contribution in [-0.2, 0) is 18.0 Å². The fraction of sp³-hybridized carbons (Fsp3) is 0.514. The molecule has 0 aliphatic heterocycles. The lowest BCUT2D eigenvalue weighted by atomic mass is 10.2. The smallest absolute Gasteiger partial charge is 0.338 e. The van der Waals surface area contributed by atoms with Gasteiger partial charge in [-0.05, 0) is 100 Å². The maximum absolute atomic E-state index is 12.4. The van der Waals surface area contributed by atoms with Crippen LogP contribution >= 0.6 is 0 Å². The third-order valence-corrected chi connectivity index (χ3v) is 13.7. The molecular formula is C35H54N6O6Si2. The fourth-order valence-corrected chi connectivity index (χ4v) is 11.8. The summed E-state index contributed by atoms with van der Waals surface area (Å²) in [5.41, 5.74) is 2.33. The number of carbonyl (C=O) groups excluding carboxylic acids is 2. The number of benzene rings is 2. The van der Waals surface area contributed by atoms with Crippen molar-refractivity contribution in [1.29, 1.82) is 0 Å². The molecule has 0 radical (unpaired) electrons. The van der Waals surface area contributed by atoms with Crippen molar-refractivity contribution in [2.45, 2.75) is 91.0 Å². The van der Waals surface area contributed by atoms with Crippen molar-refractivity contribution in [3.05, 3.63) is 59.7 Å². The van der Waals surface area contributed by atoms with Crippen molar-refractivity contribution >= 4 is 58.0 Å². The maximum Gasteiger partial charge on any atom is 0.338 e. The van der Waals surface area contributed by atoms with E-state index in [1.807, 2.05) is 0 Å². The quantitative estimate of drug-likeness (QED) is 0.0523. The molecular weight excluding hydrogens is 657 g/mol. The van der Waals surface area contributed by atoms with Crippen LogP contribution in [0.5, 0.6) is 0 Å². The fourth-order valence-electron chi connectivity index (χ4n) is 4.86. The van der Waals surface area contributed by atoms with E-state index in [-0.39, 0.29) is 11.9 Å². The molecule has 3 aromatic rings. The zero-order chi connectivity index (χ0) is 35.7. The first-order valence-corrected chi connectivity index (χ1v) is 23.2. The lowest BCUT2D eigenvalue weighted by Crippen LogP contribution is -2.46. The summed E-state index contributed by atoms with van der Waals surface area (Å²) in [4.78, 5) is 38.6. The van der Waals surface area contributed by atoms with E-state index >= 15 is 0 Å². The molecule has 1 unspecified atom stereocenters. The first kappa shape index (κ1) is 39.6. The molecule has 0 fully saturated rings. The van der Waals surface area contributed by atoms with Gasteiger partial charge in [-0.1, -0.05) is 39.5 Å². The molecule has 268 valence electrons. The number of hydrogen-bond acceptors (Lipinski definition) is 12. The molecule has 2 aromatic carbocycles. The molecule has 3 N–H and O–H groups in total. The van der Waals surface area contributed by atoms with Gasteiger partial charge >= 0.3 is 20.5 Å². The van der Waals surface area contributed by atoms with Gasteiger partial charge in [0.25, 0.3) is 0 Å². The molecule has 1 heterocycles. The van der Waals surface area contributed by atoms with Gasteiger partial charge in [0.15, 0.2) is 8.32 Å². The molecule has 1 aromatic heterocycles. The normalized spacial score (nSPS) is 12.6. The van der Waals surface area contributed by atoms with Crippen LogP contribution in [0, 0.1) is 0 Å². The second kappa shape index (κ2) is 20.0. The minimum Gasteiger partial charge on any atom is -0.462 e. The summed E-state index contributed by atoms with van der Waals surface area (Å²) >= 11 is 0. The van der Waals surface area contributed by atoms with E-state index in [4.69, 9.17) is 18.0 Å². The van der Waals surface area contributed by atoms with Gasteiger partial charge in [-0.3, -0.25) is 0 Å². The van der Waals surface area contributed by atoms with Crippen LogP contribution in [0.15, 0.2) is 48.5 Å². The van der Waals surface area contributed by atoms with E-state index in [0.717, 1.165) is 51.0 Å². The molecule has 0 aliphatic carbocycles. The third-order valence-electron chi connectivity index (χ3n) is 7.40. The van der Waals surface area contributed by atoms with Crippen molar-refractivity contribution in [3.8, 4) is 0 Å². The minimum absolute atomic E-state index is 0.306. The van der Waals surface area contributed by atoms with Crippen LogP contribution in [0.2, 0.25) is 32.2 Å². The van der Waals surface area contributed by atoms with Crippen LogP contribution < -0.4 is 16.0 Å². The Balaban J connectivity index is 1.72. The van der Waals surface area contributed by atoms with E-state index in [9.17, 15) is 9.59 Å². The first-order chi connectivity index (χ1) is 23.4. The van der Waals surface area contributed by atoms with E-state index in [2.05, 4.69) is 70.9 Å². The van der Waals surface area contributed by atoms with Gasteiger partial charge in [0.2, 0.25) is 17.8 Å². The summed E-state index contributed by atoms with van der Waals surface area (Å²) in [6, 6.07) is 14.8. The van der Waals surface area contributed by atoms with Crippen LogP contribution in [0.1, 0.15) is 79.5 Å². The second-order valence-electron chi connectivity index (χ2n) is 13.0. The Morgan fingerprint density at radius 1 is 0.653 bits per heavy atom. The lowest BCUT2D eigenvalue weighted by Gasteiger charge is -2.32. The summed E-state index contributed by atoms with van der Waals surface area (Å²) in [6.07, 6.45) is 6.69. The zero-order valence-electron chi connectivity index (χ0n) is 30.2. The SMILES string of the molecule is CCCCCOC(=O)c1ccc(Nc2nc(NCCC[Si](C)(OC)O[Si](C)(C)C)nc(Nc3ccc(C(=O)OCCCCC)cc3)n2)cc1. The number of nitrogens with zero attached hydrogens (tertiary/aromatic N) is 3. The van der Waals surface area contributed by atoms with Gasteiger partial charge in [0.1, 0.15) is 0 Å². The Hall–Kier alpha value is -3.86. The number of hydrogen-bond donors (Lipinski definition) is 3. The number of unbranched alkanes of at least 4 members (excludes halogenated alkanes) is 4. The number of esters is 2. The molecule has 0 amide bonds. The Labute approximate surface area is 293 Å². The van der Waals surface area contributed by atoms with Gasteiger partial charge < -0.3 is 34.0 Å². The van der Waals surface area contributed by atoms with Gasteiger partial charge in [-0.2, -0.15) is 15.0 Å². The van der Waals surface area contributed by atoms with Crippen LogP contribution in [-0.4, -0.2) is 70.6 Å². The first-order valence-electron chi connectivity index (χ1n) is 17.3. The zero-order valence-corrected chi connectivity index (χ0v) is 32.2. The number of anilines is 5. The highest BCUT2D eigenvalue weighted by Gasteiger charge is 2.35. The number of nitrogens with one attached hydrogen (secondary N) is 3. The Kier molecular flexibility index (Phi) is 16.1. The highest BCUT2D eigenvalue weighted by atomic mass is 28.4. The molecule has 0 aliphatic rings.